The predicted octanol–water partition coefficient (Wildman–Crippen LogP) is 2.92. The number of rotatable bonds is 5. The first-order chi connectivity index (χ1) is 7.69. The van der Waals surface area contributed by atoms with E-state index in [1.54, 1.807) is 12.1 Å². The lowest BCUT2D eigenvalue weighted by Crippen LogP contribution is -2.22. The molecule has 0 fully saturated rings. The first-order valence-corrected chi connectivity index (χ1v) is 5.52. The lowest BCUT2D eigenvalue weighted by atomic mass is 10.1. The summed E-state index contributed by atoms with van der Waals surface area (Å²) in [5.41, 5.74) is 0. The molecule has 1 rings (SSSR count). The molecule has 0 heterocycles. The molecule has 0 aliphatic rings. The number of esters is 1. The minimum absolute atomic E-state index is 0.249. The van der Waals surface area contributed by atoms with Crippen LogP contribution in [0.15, 0.2) is 24.3 Å². The molecular weight excluding hydrogens is 228 g/mol. The van der Waals surface area contributed by atoms with E-state index in [2.05, 4.69) is 4.74 Å². The Morgan fingerprint density at radius 2 is 2.12 bits per heavy atom. The Kier molecular flexibility index (Phi) is 5.12. The van der Waals surface area contributed by atoms with E-state index >= 15 is 0 Å². The molecule has 0 spiro atoms. The van der Waals surface area contributed by atoms with Crippen LogP contribution in [0.2, 0.25) is 5.02 Å². The van der Waals surface area contributed by atoms with Crippen LogP contribution in [-0.2, 0) is 9.53 Å². The second-order valence-electron chi connectivity index (χ2n) is 3.37. The zero-order chi connectivity index (χ0) is 12.0. The van der Waals surface area contributed by atoms with Crippen molar-refractivity contribution in [2.24, 2.45) is 5.92 Å². The van der Waals surface area contributed by atoms with Crippen LogP contribution in [0.3, 0.4) is 0 Å². The van der Waals surface area contributed by atoms with Crippen LogP contribution in [-0.4, -0.2) is 19.7 Å². The topological polar surface area (TPSA) is 35.5 Å². The van der Waals surface area contributed by atoms with E-state index in [0.29, 0.717) is 17.2 Å². The fourth-order valence-electron chi connectivity index (χ4n) is 1.27. The smallest absolute Gasteiger partial charge is 0.312 e. The minimum Gasteiger partial charge on any atom is -0.491 e. The highest BCUT2D eigenvalue weighted by Gasteiger charge is 2.18. The van der Waals surface area contributed by atoms with E-state index in [9.17, 15) is 4.79 Å². The number of ether oxygens (including phenoxy) is 2. The Morgan fingerprint density at radius 1 is 1.44 bits per heavy atom. The molecule has 0 radical (unpaired) electrons. The largest absolute Gasteiger partial charge is 0.491 e. The average molecular weight is 243 g/mol. The third kappa shape index (κ3) is 3.42. The molecule has 0 amide bonds. The molecule has 16 heavy (non-hydrogen) atoms. The molecule has 0 aromatic heterocycles. The molecule has 1 aromatic rings. The van der Waals surface area contributed by atoms with E-state index in [4.69, 9.17) is 16.3 Å². The lowest BCUT2D eigenvalue weighted by Gasteiger charge is -2.14. The van der Waals surface area contributed by atoms with Crippen molar-refractivity contribution in [3.8, 4) is 5.75 Å². The van der Waals surface area contributed by atoms with Gasteiger partial charge in [0.1, 0.15) is 12.4 Å². The molecule has 88 valence electrons. The Bertz CT molecular complexity index is 352. The van der Waals surface area contributed by atoms with Gasteiger partial charge >= 0.3 is 5.97 Å². The van der Waals surface area contributed by atoms with Gasteiger partial charge in [0.2, 0.25) is 0 Å². The maximum Gasteiger partial charge on any atom is 0.312 e. The normalized spacial score (nSPS) is 11.9. The van der Waals surface area contributed by atoms with Crippen LogP contribution in [0.5, 0.6) is 5.75 Å². The summed E-state index contributed by atoms with van der Waals surface area (Å²) in [4.78, 5) is 11.3. The van der Waals surface area contributed by atoms with Crippen molar-refractivity contribution in [3.05, 3.63) is 29.3 Å². The molecular formula is C12H15ClO3. The fourth-order valence-corrected chi connectivity index (χ4v) is 1.46. The second-order valence-corrected chi connectivity index (χ2v) is 3.78. The zero-order valence-corrected chi connectivity index (χ0v) is 10.2. The average Bonchev–Trinajstić information content (AvgIpc) is 2.31. The van der Waals surface area contributed by atoms with Crippen LogP contribution in [0.1, 0.15) is 13.3 Å². The Morgan fingerprint density at radius 3 is 2.69 bits per heavy atom. The second kappa shape index (κ2) is 6.38. The van der Waals surface area contributed by atoms with Gasteiger partial charge in [-0.05, 0) is 18.6 Å². The van der Waals surface area contributed by atoms with Crippen LogP contribution < -0.4 is 4.74 Å². The van der Waals surface area contributed by atoms with E-state index in [1.807, 2.05) is 19.1 Å². The van der Waals surface area contributed by atoms with Crippen LogP contribution in [0.25, 0.3) is 0 Å². The Labute approximate surface area is 100 Å². The lowest BCUT2D eigenvalue weighted by molar-refractivity contribution is -0.146. The Hall–Kier alpha value is -1.22. The van der Waals surface area contributed by atoms with Gasteiger partial charge in [0.25, 0.3) is 0 Å². The molecule has 1 aromatic carbocycles. The van der Waals surface area contributed by atoms with Crippen molar-refractivity contribution in [1.82, 2.24) is 0 Å². The molecule has 1 atom stereocenters. The highest BCUT2D eigenvalue weighted by atomic mass is 35.5. The molecule has 4 heteroatoms. The van der Waals surface area contributed by atoms with Crippen LogP contribution >= 0.6 is 11.6 Å². The van der Waals surface area contributed by atoms with Gasteiger partial charge < -0.3 is 9.47 Å². The summed E-state index contributed by atoms with van der Waals surface area (Å²) in [5, 5.41) is 0.544. The molecule has 0 saturated carbocycles. The highest BCUT2D eigenvalue weighted by Crippen LogP contribution is 2.23. The standard InChI is InChI=1S/C12H15ClO3/c1-3-9(12(14)15-2)8-16-11-7-5-4-6-10(11)13/h4-7,9H,3,8H2,1-2H3. The maximum atomic E-state index is 11.3. The number of carbonyl (C=O) groups excluding carboxylic acids is 1. The van der Waals surface area contributed by atoms with Gasteiger partial charge in [-0.15, -0.1) is 0 Å². The molecule has 0 N–H and O–H groups in total. The SMILES string of the molecule is CCC(COc1ccccc1Cl)C(=O)OC. The van der Waals surface area contributed by atoms with E-state index in [0.717, 1.165) is 0 Å². The molecule has 0 aliphatic heterocycles. The molecule has 0 saturated heterocycles. The predicted molar refractivity (Wildman–Crippen MR) is 62.7 cm³/mol. The van der Waals surface area contributed by atoms with E-state index in [1.165, 1.54) is 7.11 Å². The third-order valence-corrected chi connectivity index (χ3v) is 2.62. The first kappa shape index (κ1) is 12.8. The van der Waals surface area contributed by atoms with Gasteiger partial charge in [-0.3, -0.25) is 4.79 Å². The van der Waals surface area contributed by atoms with Crippen molar-refractivity contribution >= 4 is 17.6 Å². The monoisotopic (exact) mass is 242 g/mol. The van der Waals surface area contributed by atoms with Crippen LogP contribution in [0, 0.1) is 5.92 Å². The van der Waals surface area contributed by atoms with Gasteiger partial charge in [-0.1, -0.05) is 30.7 Å². The van der Waals surface area contributed by atoms with Gasteiger partial charge in [0.15, 0.2) is 0 Å². The third-order valence-electron chi connectivity index (χ3n) is 2.30. The summed E-state index contributed by atoms with van der Waals surface area (Å²) in [7, 11) is 1.38. The minimum atomic E-state index is -0.255. The fraction of sp³-hybridized carbons (Fsp3) is 0.417. The van der Waals surface area contributed by atoms with Crippen molar-refractivity contribution in [3.63, 3.8) is 0 Å². The summed E-state index contributed by atoms with van der Waals surface area (Å²) < 4.78 is 10.1. The van der Waals surface area contributed by atoms with Crippen molar-refractivity contribution in [1.29, 1.82) is 0 Å². The van der Waals surface area contributed by atoms with Crippen LogP contribution in [0.4, 0.5) is 0 Å². The van der Waals surface area contributed by atoms with Gasteiger partial charge in [-0.2, -0.15) is 0 Å². The van der Waals surface area contributed by atoms with Gasteiger partial charge in [0.05, 0.1) is 18.1 Å². The number of para-hydroxylation sites is 1. The summed E-state index contributed by atoms with van der Waals surface area (Å²) in [6.07, 6.45) is 0.678. The maximum absolute atomic E-state index is 11.3. The summed E-state index contributed by atoms with van der Waals surface area (Å²) in [5.74, 6) is 0.0855. The number of carbonyl (C=O) groups is 1. The van der Waals surface area contributed by atoms with Gasteiger partial charge in [0, 0.05) is 0 Å². The molecule has 0 aliphatic carbocycles. The molecule has 1 unspecified atom stereocenters. The first-order valence-electron chi connectivity index (χ1n) is 5.14. The zero-order valence-electron chi connectivity index (χ0n) is 9.40. The number of hydrogen-bond donors (Lipinski definition) is 0. The van der Waals surface area contributed by atoms with Crippen molar-refractivity contribution in [2.45, 2.75) is 13.3 Å². The number of benzene rings is 1. The highest BCUT2D eigenvalue weighted by molar-refractivity contribution is 6.32. The summed E-state index contributed by atoms with van der Waals surface area (Å²) in [6.45, 7) is 2.20. The quantitative estimate of drug-likeness (QED) is 0.745. The number of hydrogen-bond acceptors (Lipinski definition) is 3. The number of halogens is 1. The summed E-state index contributed by atoms with van der Waals surface area (Å²) in [6, 6.07) is 7.18. The van der Waals surface area contributed by atoms with Gasteiger partial charge in [-0.25, -0.2) is 0 Å². The molecule has 3 nitrogen and oxygen atoms in total. The van der Waals surface area contributed by atoms with Crippen molar-refractivity contribution in [2.75, 3.05) is 13.7 Å². The molecule has 0 bridgehead atoms. The Balaban J connectivity index is 2.56. The number of methoxy groups -OCH3 is 1. The van der Waals surface area contributed by atoms with E-state index < -0.39 is 0 Å². The van der Waals surface area contributed by atoms with E-state index in [-0.39, 0.29) is 18.5 Å². The van der Waals surface area contributed by atoms with Crippen molar-refractivity contribution < 1.29 is 14.3 Å². The summed E-state index contributed by atoms with van der Waals surface area (Å²) >= 11 is 5.92.